The highest BCUT2D eigenvalue weighted by Crippen LogP contribution is 2.26. The molecule has 0 bridgehead atoms. The summed E-state index contributed by atoms with van der Waals surface area (Å²) in [6.07, 6.45) is 2.48. The van der Waals surface area contributed by atoms with E-state index in [1.54, 1.807) is 0 Å². The lowest BCUT2D eigenvalue weighted by molar-refractivity contribution is 0.346. The van der Waals surface area contributed by atoms with Gasteiger partial charge in [0, 0.05) is 30.9 Å². The Morgan fingerprint density at radius 3 is 2.04 bits per heavy atom. The molecule has 0 aliphatic carbocycles. The highest BCUT2D eigenvalue weighted by atomic mass is 32.2. The van der Waals surface area contributed by atoms with E-state index in [4.69, 9.17) is 0 Å². The molecular weight excluding hydrogens is 403 g/mol. The summed E-state index contributed by atoms with van der Waals surface area (Å²) in [5.74, 6) is -10.1. The van der Waals surface area contributed by atoms with Crippen LogP contribution in [-0.4, -0.2) is 25.8 Å². The van der Waals surface area contributed by atoms with Crippen LogP contribution in [0.1, 0.15) is 24.8 Å². The van der Waals surface area contributed by atoms with Crippen molar-refractivity contribution in [1.82, 2.24) is 4.31 Å². The van der Waals surface area contributed by atoms with E-state index in [0.29, 0.717) is 13.1 Å². The van der Waals surface area contributed by atoms with Crippen molar-refractivity contribution >= 4 is 15.7 Å². The maximum absolute atomic E-state index is 13.8. The number of benzene rings is 2. The first-order chi connectivity index (χ1) is 13.2. The van der Waals surface area contributed by atoms with Crippen LogP contribution in [0.5, 0.6) is 0 Å². The second-order valence-electron chi connectivity index (χ2n) is 6.39. The number of sulfonamides is 1. The predicted molar refractivity (Wildman–Crippen MR) is 92.6 cm³/mol. The Morgan fingerprint density at radius 2 is 1.43 bits per heavy atom. The minimum atomic E-state index is -3.73. The first kappa shape index (κ1) is 20.5. The minimum Gasteiger partial charge on any atom is -0.381 e. The molecule has 0 saturated carbocycles. The second-order valence-corrected chi connectivity index (χ2v) is 8.33. The molecule has 1 saturated heterocycles. The van der Waals surface area contributed by atoms with E-state index in [2.05, 4.69) is 5.32 Å². The quantitative estimate of drug-likeness (QED) is 0.449. The van der Waals surface area contributed by atoms with Crippen molar-refractivity contribution in [2.24, 2.45) is 0 Å². The molecule has 2 aromatic carbocycles. The van der Waals surface area contributed by atoms with E-state index in [0.717, 1.165) is 19.3 Å². The molecule has 28 heavy (non-hydrogen) atoms. The van der Waals surface area contributed by atoms with Crippen LogP contribution >= 0.6 is 0 Å². The van der Waals surface area contributed by atoms with E-state index in [-0.39, 0.29) is 10.6 Å². The fraction of sp³-hybridized carbons (Fsp3) is 0.333. The molecule has 0 amide bonds. The molecule has 10 heteroatoms. The standard InChI is InChI=1S/C18H17F5N2O2S/c19-14-13(15(20)17(22)18(23)16(14)21)10-24-11-5-4-6-12(9-11)28(26,27)25-7-2-1-3-8-25/h4-6,9,24H,1-3,7-8,10H2. The normalized spacial score (nSPS) is 15.6. The van der Waals surface area contributed by atoms with Gasteiger partial charge >= 0.3 is 0 Å². The van der Waals surface area contributed by atoms with Crippen molar-refractivity contribution < 1.29 is 30.4 Å². The van der Waals surface area contributed by atoms with E-state index >= 15 is 0 Å². The number of hydrogen-bond donors (Lipinski definition) is 1. The van der Waals surface area contributed by atoms with Crippen molar-refractivity contribution in [2.45, 2.75) is 30.7 Å². The Hall–Kier alpha value is -2.20. The number of rotatable bonds is 5. The number of nitrogens with zero attached hydrogens (tertiary/aromatic N) is 1. The van der Waals surface area contributed by atoms with Crippen molar-refractivity contribution in [3.63, 3.8) is 0 Å². The largest absolute Gasteiger partial charge is 0.381 e. The van der Waals surface area contributed by atoms with Gasteiger partial charge in [0.15, 0.2) is 23.3 Å². The van der Waals surface area contributed by atoms with Gasteiger partial charge in [0.2, 0.25) is 15.8 Å². The molecule has 1 aliphatic rings. The summed E-state index contributed by atoms with van der Waals surface area (Å²) in [5, 5.41) is 2.51. The summed E-state index contributed by atoms with van der Waals surface area (Å²) >= 11 is 0. The molecule has 1 heterocycles. The Labute approximate surface area is 159 Å². The Morgan fingerprint density at radius 1 is 0.857 bits per heavy atom. The number of nitrogens with one attached hydrogen (secondary N) is 1. The monoisotopic (exact) mass is 420 g/mol. The fourth-order valence-electron chi connectivity index (χ4n) is 3.02. The Bertz CT molecular complexity index is 963. The van der Waals surface area contributed by atoms with Crippen LogP contribution in [0.3, 0.4) is 0 Å². The van der Waals surface area contributed by atoms with Gasteiger partial charge in [-0.3, -0.25) is 0 Å². The molecule has 152 valence electrons. The molecule has 0 radical (unpaired) electrons. The third kappa shape index (κ3) is 3.83. The Balaban J connectivity index is 1.83. The summed E-state index contributed by atoms with van der Waals surface area (Å²) in [6.45, 7) is 0.105. The van der Waals surface area contributed by atoms with Crippen molar-refractivity contribution in [3.8, 4) is 0 Å². The third-order valence-corrected chi connectivity index (χ3v) is 6.45. The predicted octanol–water partition coefficient (Wildman–Crippen LogP) is 4.17. The molecule has 0 spiro atoms. The fourth-order valence-corrected chi connectivity index (χ4v) is 4.58. The van der Waals surface area contributed by atoms with E-state index in [9.17, 15) is 30.4 Å². The van der Waals surface area contributed by atoms with E-state index < -0.39 is 51.2 Å². The molecule has 4 nitrogen and oxygen atoms in total. The number of piperidine rings is 1. The molecule has 2 aromatic rings. The summed E-state index contributed by atoms with van der Waals surface area (Å²) in [5.41, 5.74) is -0.859. The highest BCUT2D eigenvalue weighted by Gasteiger charge is 2.27. The van der Waals surface area contributed by atoms with Gasteiger partial charge in [-0.05, 0) is 31.0 Å². The maximum atomic E-state index is 13.8. The van der Waals surface area contributed by atoms with Gasteiger partial charge in [0.05, 0.1) is 4.90 Å². The number of anilines is 1. The van der Waals surface area contributed by atoms with Crippen LogP contribution < -0.4 is 5.32 Å². The molecule has 1 fully saturated rings. The summed E-state index contributed by atoms with van der Waals surface area (Å²) in [7, 11) is -3.73. The van der Waals surface area contributed by atoms with Crippen LogP contribution in [-0.2, 0) is 16.6 Å². The lowest BCUT2D eigenvalue weighted by Gasteiger charge is -2.26. The average Bonchev–Trinajstić information content (AvgIpc) is 2.71. The topological polar surface area (TPSA) is 49.4 Å². The average molecular weight is 420 g/mol. The summed E-state index contributed by atoms with van der Waals surface area (Å²) in [6, 6.07) is 5.50. The van der Waals surface area contributed by atoms with Gasteiger partial charge in [-0.25, -0.2) is 30.4 Å². The van der Waals surface area contributed by atoms with Crippen LogP contribution in [0, 0.1) is 29.1 Å². The van der Waals surface area contributed by atoms with Crippen molar-refractivity contribution in [2.75, 3.05) is 18.4 Å². The maximum Gasteiger partial charge on any atom is 0.243 e. The highest BCUT2D eigenvalue weighted by molar-refractivity contribution is 7.89. The zero-order valence-electron chi connectivity index (χ0n) is 14.6. The lowest BCUT2D eigenvalue weighted by atomic mass is 10.1. The van der Waals surface area contributed by atoms with Crippen LogP contribution in [0.15, 0.2) is 29.2 Å². The third-order valence-electron chi connectivity index (χ3n) is 4.56. The summed E-state index contributed by atoms with van der Waals surface area (Å²) < 4.78 is 93.9. The zero-order chi connectivity index (χ0) is 20.5. The van der Waals surface area contributed by atoms with Gasteiger partial charge in [0.1, 0.15) is 0 Å². The molecular formula is C18H17F5N2O2S. The molecule has 0 atom stereocenters. The van der Waals surface area contributed by atoms with Gasteiger partial charge in [0.25, 0.3) is 0 Å². The van der Waals surface area contributed by atoms with Crippen molar-refractivity contribution in [1.29, 1.82) is 0 Å². The van der Waals surface area contributed by atoms with Gasteiger partial charge in [-0.15, -0.1) is 0 Å². The van der Waals surface area contributed by atoms with Crippen LogP contribution in [0.25, 0.3) is 0 Å². The molecule has 0 unspecified atom stereocenters. The molecule has 1 aliphatic heterocycles. The smallest absolute Gasteiger partial charge is 0.243 e. The SMILES string of the molecule is O=S(=O)(c1cccc(NCc2c(F)c(F)c(F)c(F)c2F)c1)N1CCCCC1. The van der Waals surface area contributed by atoms with Gasteiger partial charge < -0.3 is 5.32 Å². The van der Waals surface area contributed by atoms with Gasteiger partial charge in [-0.2, -0.15) is 4.31 Å². The van der Waals surface area contributed by atoms with E-state index in [1.807, 2.05) is 0 Å². The van der Waals surface area contributed by atoms with Gasteiger partial charge in [-0.1, -0.05) is 12.5 Å². The van der Waals surface area contributed by atoms with Crippen LogP contribution in [0.2, 0.25) is 0 Å². The molecule has 3 rings (SSSR count). The summed E-state index contributed by atoms with van der Waals surface area (Å²) in [4.78, 5) is -0.0168. The lowest BCUT2D eigenvalue weighted by Crippen LogP contribution is -2.35. The Kier molecular flexibility index (Phi) is 5.90. The minimum absolute atomic E-state index is 0.0168. The first-order valence-corrected chi connectivity index (χ1v) is 10.0. The van der Waals surface area contributed by atoms with E-state index in [1.165, 1.54) is 28.6 Å². The number of halogens is 5. The second kappa shape index (κ2) is 8.04. The van der Waals surface area contributed by atoms with Crippen molar-refractivity contribution in [3.05, 3.63) is 58.9 Å². The zero-order valence-corrected chi connectivity index (χ0v) is 15.4. The molecule has 1 N–H and O–H groups in total. The van der Waals surface area contributed by atoms with Crippen LogP contribution in [0.4, 0.5) is 27.6 Å². The molecule has 0 aromatic heterocycles. The first-order valence-electron chi connectivity index (χ1n) is 8.58. The number of hydrogen-bond acceptors (Lipinski definition) is 3.